The molecule has 3 rings (SSSR count). The molecule has 1 heterocycles. The maximum absolute atomic E-state index is 12.9. The van der Waals surface area contributed by atoms with Gasteiger partial charge < -0.3 is 14.8 Å². The van der Waals surface area contributed by atoms with Gasteiger partial charge in [0.2, 0.25) is 0 Å². The van der Waals surface area contributed by atoms with E-state index in [1.165, 1.54) is 7.11 Å². The molecule has 7 nitrogen and oxygen atoms in total. The van der Waals surface area contributed by atoms with E-state index in [0.29, 0.717) is 22.6 Å². The standard InChI is InChI=1S/C20H20N2O5/c1-20(13-8-10-14(26-2)11-9-13)18(24)22(19(25)21-20)12-16(23)15-6-4-5-7-17(15)27-3/h4-11H,12H2,1-3H3,(H,21,25). The van der Waals surface area contributed by atoms with Crippen molar-refractivity contribution in [1.29, 1.82) is 0 Å². The number of carbonyl (C=O) groups is 3. The first-order valence-corrected chi connectivity index (χ1v) is 8.35. The van der Waals surface area contributed by atoms with Crippen molar-refractivity contribution in [1.82, 2.24) is 10.2 Å². The van der Waals surface area contributed by atoms with Crippen LogP contribution in [0.15, 0.2) is 48.5 Å². The van der Waals surface area contributed by atoms with Crippen LogP contribution in [0.3, 0.4) is 0 Å². The molecule has 1 aliphatic rings. The van der Waals surface area contributed by atoms with Crippen molar-refractivity contribution >= 4 is 17.7 Å². The number of methoxy groups -OCH3 is 2. The maximum Gasteiger partial charge on any atom is 0.325 e. The van der Waals surface area contributed by atoms with Crippen LogP contribution >= 0.6 is 0 Å². The average molecular weight is 368 g/mol. The van der Waals surface area contributed by atoms with Crippen LogP contribution < -0.4 is 14.8 Å². The van der Waals surface area contributed by atoms with Crippen molar-refractivity contribution in [3.05, 3.63) is 59.7 Å². The maximum atomic E-state index is 12.9. The molecule has 2 aromatic rings. The Bertz CT molecular complexity index is 894. The molecular weight excluding hydrogens is 348 g/mol. The zero-order valence-electron chi connectivity index (χ0n) is 15.3. The minimum Gasteiger partial charge on any atom is -0.497 e. The number of nitrogens with one attached hydrogen (secondary N) is 1. The van der Waals surface area contributed by atoms with Crippen LogP contribution in [0.1, 0.15) is 22.8 Å². The molecule has 1 atom stereocenters. The van der Waals surface area contributed by atoms with E-state index in [2.05, 4.69) is 5.32 Å². The van der Waals surface area contributed by atoms with Crippen LogP contribution in [0.2, 0.25) is 0 Å². The summed E-state index contributed by atoms with van der Waals surface area (Å²) in [6, 6.07) is 12.9. The van der Waals surface area contributed by atoms with E-state index >= 15 is 0 Å². The van der Waals surface area contributed by atoms with Crippen molar-refractivity contribution < 1.29 is 23.9 Å². The number of para-hydroxylation sites is 1. The van der Waals surface area contributed by atoms with Gasteiger partial charge in [0.15, 0.2) is 5.78 Å². The normalized spacial score (nSPS) is 19.0. The van der Waals surface area contributed by atoms with Crippen molar-refractivity contribution in [3.63, 3.8) is 0 Å². The highest BCUT2D eigenvalue weighted by Gasteiger charge is 2.49. The largest absolute Gasteiger partial charge is 0.497 e. The second-order valence-electron chi connectivity index (χ2n) is 6.30. The lowest BCUT2D eigenvalue weighted by atomic mass is 9.92. The van der Waals surface area contributed by atoms with E-state index in [9.17, 15) is 14.4 Å². The number of imide groups is 1. The molecule has 27 heavy (non-hydrogen) atoms. The summed E-state index contributed by atoms with van der Waals surface area (Å²) < 4.78 is 10.3. The predicted octanol–water partition coefficient (Wildman–Crippen LogP) is 2.35. The van der Waals surface area contributed by atoms with Gasteiger partial charge in [-0.15, -0.1) is 0 Å². The molecule has 1 N–H and O–H groups in total. The average Bonchev–Trinajstić information content (AvgIpc) is 2.91. The third-order valence-corrected chi connectivity index (χ3v) is 4.65. The number of ether oxygens (including phenoxy) is 2. The number of amides is 3. The van der Waals surface area contributed by atoms with E-state index in [0.717, 1.165) is 4.90 Å². The number of Topliss-reactive ketones (excluding diaryl/α,β-unsaturated/α-hetero) is 1. The van der Waals surface area contributed by atoms with Crippen molar-refractivity contribution in [3.8, 4) is 11.5 Å². The van der Waals surface area contributed by atoms with Gasteiger partial charge in [-0.3, -0.25) is 14.5 Å². The molecule has 2 aromatic carbocycles. The quantitative estimate of drug-likeness (QED) is 0.625. The van der Waals surface area contributed by atoms with Crippen LogP contribution in [-0.2, 0) is 10.3 Å². The number of benzene rings is 2. The molecule has 0 bridgehead atoms. The van der Waals surface area contributed by atoms with E-state index in [4.69, 9.17) is 9.47 Å². The van der Waals surface area contributed by atoms with Crippen LogP contribution in [0, 0.1) is 0 Å². The highest BCUT2D eigenvalue weighted by molar-refractivity contribution is 6.11. The molecule has 1 saturated heterocycles. The number of hydrogen-bond acceptors (Lipinski definition) is 5. The number of urea groups is 1. The first kappa shape index (κ1) is 18.4. The summed E-state index contributed by atoms with van der Waals surface area (Å²) in [5, 5.41) is 2.68. The Balaban J connectivity index is 1.84. The minimum atomic E-state index is -1.25. The van der Waals surface area contributed by atoms with E-state index in [1.54, 1.807) is 62.6 Å². The first-order chi connectivity index (χ1) is 12.9. The van der Waals surface area contributed by atoms with Crippen molar-refractivity contribution in [2.24, 2.45) is 0 Å². The van der Waals surface area contributed by atoms with Crippen LogP contribution in [0.4, 0.5) is 4.79 Å². The fraction of sp³-hybridized carbons (Fsp3) is 0.250. The summed E-state index contributed by atoms with van der Waals surface area (Å²) >= 11 is 0. The van der Waals surface area contributed by atoms with Crippen LogP contribution in [0.25, 0.3) is 0 Å². The molecule has 0 spiro atoms. The highest BCUT2D eigenvalue weighted by Crippen LogP contribution is 2.30. The predicted molar refractivity (Wildman–Crippen MR) is 97.9 cm³/mol. The van der Waals surface area contributed by atoms with Crippen molar-refractivity contribution in [2.45, 2.75) is 12.5 Å². The van der Waals surface area contributed by atoms with Gasteiger partial charge in [0.1, 0.15) is 17.0 Å². The number of nitrogens with zero attached hydrogens (tertiary/aromatic N) is 1. The third kappa shape index (κ3) is 3.23. The third-order valence-electron chi connectivity index (χ3n) is 4.65. The molecule has 0 aliphatic carbocycles. The molecule has 0 aromatic heterocycles. The molecule has 1 aliphatic heterocycles. The molecule has 3 amide bonds. The number of hydrogen-bond donors (Lipinski definition) is 1. The van der Waals surface area contributed by atoms with Crippen molar-refractivity contribution in [2.75, 3.05) is 20.8 Å². The summed E-state index contributed by atoms with van der Waals surface area (Å²) in [5.74, 6) is 0.172. The second kappa shape index (κ2) is 7.11. The fourth-order valence-electron chi connectivity index (χ4n) is 3.06. The monoisotopic (exact) mass is 368 g/mol. The van der Waals surface area contributed by atoms with Gasteiger partial charge in [0.05, 0.1) is 26.3 Å². The Morgan fingerprint density at radius 2 is 1.70 bits per heavy atom. The van der Waals surface area contributed by atoms with Gasteiger partial charge in [0, 0.05) is 0 Å². The van der Waals surface area contributed by atoms with Gasteiger partial charge in [-0.05, 0) is 36.8 Å². The van der Waals surface area contributed by atoms with Gasteiger partial charge in [-0.2, -0.15) is 0 Å². The lowest BCUT2D eigenvalue weighted by molar-refractivity contribution is -0.130. The molecule has 1 fully saturated rings. The van der Waals surface area contributed by atoms with E-state index < -0.39 is 17.5 Å². The second-order valence-corrected chi connectivity index (χ2v) is 6.30. The lowest BCUT2D eigenvalue weighted by Gasteiger charge is -2.22. The van der Waals surface area contributed by atoms with Gasteiger partial charge in [0.25, 0.3) is 5.91 Å². The zero-order chi connectivity index (χ0) is 19.6. The Morgan fingerprint density at radius 1 is 1.04 bits per heavy atom. The number of ketones is 1. The molecule has 1 unspecified atom stereocenters. The fourth-order valence-corrected chi connectivity index (χ4v) is 3.06. The minimum absolute atomic E-state index is 0.318. The first-order valence-electron chi connectivity index (χ1n) is 8.35. The summed E-state index contributed by atoms with van der Waals surface area (Å²) in [6.07, 6.45) is 0. The van der Waals surface area contributed by atoms with Gasteiger partial charge >= 0.3 is 6.03 Å². The van der Waals surface area contributed by atoms with E-state index in [1.807, 2.05) is 0 Å². The Labute approximate surface area is 156 Å². The Morgan fingerprint density at radius 3 is 2.33 bits per heavy atom. The Hall–Kier alpha value is -3.35. The summed E-state index contributed by atoms with van der Waals surface area (Å²) in [6.45, 7) is 1.25. The molecular formula is C20H20N2O5. The van der Waals surface area contributed by atoms with Crippen LogP contribution in [-0.4, -0.2) is 43.4 Å². The summed E-state index contributed by atoms with van der Waals surface area (Å²) in [4.78, 5) is 38.9. The molecule has 0 radical (unpaired) electrons. The summed E-state index contributed by atoms with van der Waals surface area (Å²) in [7, 11) is 3.00. The highest BCUT2D eigenvalue weighted by atomic mass is 16.5. The zero-order valence-corrected chi connectivity index (χ0v) is 15.3. The number of carbonyl (C=O) groups excluding carboxylic acids is 3. The molecule has 140 valence electrons. The van der Waals surface area contributed by atoms with E-state index in [-0.39, 0.29) is 12.3 Å². The molecule has 0 saturated carbocycles. The topological polar surface area (TPSA) is 84.9 Å². The Kier molecular flexibility index (Phi) is 4.85. The van der Waals surface area contributed by atoms with Gasteiger partial charge in [-0.25, -0.2) is 4.79 Å². The summed E-state index contributed by atoms with van der Waals surface area (Å²) in [5.41, 5.74) is -0.322. The number of rotatable bonds is 6. The van der Waals surface area contributed by atoms with Gasteiger partial charge in [-0.1, -0.05) is 24.3 Å². The van der Waals surface area contributed by atoms with Crippen LogP contribution in [0.5, 0.6) is 11.5 Å². The smallest absolute Gasteiger partial charge is 0.325 e. The molecule has 7 heteroatoms. The lowest BCUT2D eigenvalue weighted by Crippen LogP contribution is -2.41. The SMILES string of the molecule is COc1ccc(C2(C)NC(=O)N(CC(=O)c3ccccc3OC)C2=O)cc1.